The summed E-state index contributed by atoms with van der Waals surface area (Å²) in [6.07, 6.45) is -5.06. The zero-order valence-electron chi connectivity index (χ0n) is 17.6. The monoisotopic (exact) mass is 455 g/mol. The number of primary amides is 1. The highest BCUT2D eigenvalue weighted by Crippen LogP contribution is 2.32. The maximum absolute atomic E-state index is 12.6. The lowest BCUT2D eigenvalue weighted by Crippen LogP contribution is -2.66. The highest BCUT2D eigenvalue weighted by molar-refractivity contribution is 5.95. The Balaban J connectivity index is 2.54. The topological polar surface area (TPSA) is 196 Å². The SMILES string of the molecule is CC(=O)OC[C@H]1O[C@@H](N2[C+]=NC(C(N)=O)=C2[O-])[C@H](OC(C)=O)[C@@H](OC(C)=O)[C@H]1OC(C)=O. The summed E-state index contributed by atoms with van der Waals surface area (Å²) in [5, 5.41) is 12.6. The molecule has 2 N–H and O–H groups in total. The predicted molar refractivity (Wildman–Crippen MR) is 97.5 cm³/mol. The van der Waals surface area contributed by atoms with Gasteiger partial charge in [-0.1, -0.05) is 0 Å². The molecule has 2 heterocycles. The van der Waals surface area contributed by atoms with Gasteiger partial charge in [0.2, 0.25) is 6.23 Å². The molecule has 0 aromatic carbocycles. The van der Waals surface area contributed by atoms with Crippen molar-refractivity contribution in [1.29, 1.82) is 0 Å². The Hall–Kier alpha value is -3.77. The van der Waals surface area contributed by atoms with E-state index in [2.05, 4.69) is 11.3 Å². The van der Waals surface area contributed by atoms with Crippen LogP contribution in [0.3, 0.4) is 0 Å². The highest BCUT2D eigenvalue weighted by atomic mass is 16.7. The van der Waals surface area contributed by atoms with E-state index in [1.807, 2.05) is 0 Å². The molecule has 174 valence electrons. The molecular formula is C18H21N3O11. The Morgan fingerprint density at radius 3 is 1.97 bits per heavy atom. The van der Waals surface area contributed by atoms with Gasteiger partial charge >= 0.3 is 35.5 Å². The second kappa shape index (κ2) is 10.0. The lowest BCUT2D eigenvalue weighted by atomic mass is 9.96. The maximum atomic E-state index is 12.6. The molecule has 0 unspecified atom stereocenters. The van der Waals surface area contributed by atoms with E-state index in [0.29, 0.717) is 4.90 Å². The fraction of sp³-hybridized carbons (Fsp3) is 0.556. The Kier molecular flexibility index (Phi) is 7.67. The van der Waals surface area contributed by atoms with Gasteiger partial charge in [0, 0.05) is 27.7 Å². The number of carbonyl (C=O) groups is 5. The van der Waals surface area contributed by atoms with Gasteiger partial charge in [-0.2, -0.15) is 0 Å². The first-order chi connectivity index (χ1) is 14.9. The van der Waals surface area contributed by atoms with Crippen LogP contribution in [0.5, 0.6) is 0 Å². The summed E-state index contributed by atoms with van der Waals surface area (Å²) in [5.74, 6) is -5.38. The number of hydrogen-bond acceptors (Lipinski definition) is 13. The van der Waals surface area contributed by atoms with Crippen molar-refractivity contribution in [1.82, 2.24) is 4.90 Å². The average molecular weight is 455 g/mol. The van der Waals surface area contributed by atoms with Crippen LogP contribution in [-0.4, -0.2) is 78.3 Å². The van der Waals surface area contributed by atoms with Gasteiger partial charge in [0.15, 0.2) is 24.2 Å². The van der Waals surface area contributed by atoms with E-state index in [1.54, 1.807) is 0 Å². The molecule has 0 spiro atoms. The van der Waals surface area contributed by atoms with Crippen molar-refractivity contribution in [3.05, 3.63) is 11.6 Å². The van der Waals surface area contributed by atoms with Crippen molar-refractivity contribution in [3.8, 4) is 0 Å². The number of aliphatic imine (C=N–C) groups is 1. The molecule has 0 radical (unpaired) electrons. The third-order valence-corrected chi connectivity index (χ3v) is 4.15. The van der Waals surface area contributed by atoms with Gasteiger partial charge in [-0.3, -0.25) is 19.2 Å². The lowest BCUT2D eigenvalue weighted by molar-refractivity contribution is -0.348. The van der Waals surface area contributed by atoms with Crippen LogP contribution in [0.1, 0.15) is 27.7 Å². The van der Waals surface area contributed by atoms with Gasteiger partial charge in [0.05, 0.1) is 0 Å². The largest absolute Gasteiger partial charge is 0.789 e. The standard InChI is InChI=1S/C18H21N3O11/c1-7(22)28-5-11-13(29-8(2)23)14(30-9(3)24)15(31-10(4)25)18(32-11)21-6-20-12(16(19)26)17(21)27/h11,13-15,18H,5H2,1-4H3,(H2-,19,26,27)/t11-,13+,14+,15-,18-/m1/s1. The number of rotatable bonds is 7. The lowest BCUT2D eigenvalue weighted by Gasteiger charge is -2.45. The van der Waals surface area contributed by atoms with Crippen molar-refractivity contribution in [3.63, 3.8) is 0 Å². The molecule has 1 saturated heterocycles. The Bertz CT molecular complexity index is 868. The molecule has 0 aromatic heterocycles. The second-order valence-electron chi connectivity index (χ2n) is 6.69. The summed E-state index contributed by atoms with van der Waals surface area (Å²) >= 11 is 0. The van der Waals surface area contributed by atoms with Gasteiger partial charge in [-0.25, -0.2) is 4.79 Å². The number of ether oxygens (including phenoxy) is 5. The van der Waals surface area contributed by atoms with Crippen molar-refractivity contribution in [2.24, 2.45) is 10.7 Å². The summed E-state index contributed by atoms with van der Waals surface area (Å²) < 4.78 is 26.4. The van der Waals surface area contributed by atoms with Crippen LogP contribution in [-0.2, 0) is 47.7 Å². The van der Waals surface area contributed by atoms with E-state index < -0.39 is 78.6 Å². The summed E-state index contributed by atoms with van der Waals surface area (Å²) in [7, 11) is 0. The van der Waals surface area contributed by atoms with E-state index in [9.17, 15) is 29.1 Å². The molecule has 14 nitrogen and oxygen atoms in total. The molecule has 14 heteroatoms. The zero-order chi connectivity index (χ0) is 24.2. The maximum Gasteiger partial charge on any atom is 0.339 e. The fourth-order valence-corrected chi connectivity index (χ4v) is 3.06. The third kappa shape index (κ3) is 5.68. The quantitative estimate of drug-likeness (QED) is 0.237. The minimum absolute atomic E-state index is 0.486. The smallest absolute Gasteiger partial charge is 0.339 e. The number of amides is 1. The van der Waals surface area contributed by atoms with Gasteiger partial charge in [-0.05, 0) is 4.99 Å². The third-order valence-electron chi connectivity index (χ3n) is 4.15. The summed E-state index contributed by atoms with van der Waals surface area (Å²) in [4.78, 5) is 62.1. The van der Waals surface area contributed by atoms with Crippen LogP contribution in [0.25, 0.3) is 0 Å². The van der Waals surface area contributed by atoms with Crippen molar-refractivity contribution < 1.29 is 52.8 Å². The van der Waals surface area contributed by atoms with Gasteiger partial charge in [0.25, 0.3) is 6.34 Å². The first-order valence-corrected chi connectivity index (χ1v) is 9.19. The molecule has 5 atom stereocenters. The zero-order valence-corrected chi connectivity index (χ0v) is 17.6. The first-order valence-electron chi connectivity index (χ1n) is 9.19. The first kappa shape index (κ1) is 24.5. The predicted octanol–water partition coefficient (Wildman–Crippen LogP) is -2.69. The Labute approximate surface area is 181 Å². The second-order valence-corrected chi connectivity index (χ2v) is 6.69. The van der Waals surface area contributed by atoms with E-state index in [-0.39, 0.29) is 0 Å². The highest BCUT2D eigenvalue weighted by Gasteiger charge is 2.56. The number of nitrogens with two attached hydrogens (primary N) is 1. The van der Waals surface area contributed by atoms with Crippen molar-refractivity contribution in [2.75, 3.05) is 6.61 Å². The van der Waals surface area contributed by atoms with Crippen LogP contribution in [0, 0.1) is 0 Å². The Morgan fingerprint density at radius 2 is 1.50 bits per heavy atom. The molecule has 32 heavy (non-hydrogen) atoms. The van der Waals surface area contributed by atoms with Crippen LogP contribution in [0.4, 0.5) is 0 Å². The number of nitrogens with zero attached hydrogens (tertiary/aromatic N) is 2. The van der Waals surface area contributed by atoms with E-state index in [1.165, 1.54) is 0 Å². The molecule has 2 aliphatic heterocycles. The molecule has 0 bridgehead atoms. The molecule has 0 saturated carbocycles. The molecule has 2 aliphatic rings. The Morgan fingerprint density at radius 1 is 0.969 bits per heavy atom. The molecule has 2 rings (SSSR count). The van der Waals surface area contributed by atoms with E-state index in [0.717, 1.165) is 27.7 Å². The van der Waals surface area contributed by atoms with Crippen molar-refractivity contribution >= 4 is 36.1 Å². The van der Waals surface area contributed by atoms with Crippen molar-refractivity contribution in [2.45, 2.75) is 58.3 Å². The minimum Gasteiger partial charge on any atom is -0.789 e. The summed E-state index contributed by atoms with van der Waals surface area (Å²) in [6.45, 7) is 3.79. The van der Waals surface area contributed by atoms with Crippen LogP contribution in [0.15, 0.2) is 16.6 Å². The summed E-state index contributed by atoms with van der Waals surface area (Å²) in [5.41, 5.74) is 4.44. The normalized spacial score (nSPS) is 26.8. The number of carbonyl (C=O) groups excluding carboxylic acids is 5. The van der Waals surface area contributed by atoms with Gasteiger partial charge in [0.1, 0.15) is 12.7 Å². The van der Waals surface area contributed by atoms with E-state index >= 15 is 0 Å². The van der Waals surface area contributed by atoms with Crippen LogP contribution in [0.2, 0.25) is 0 Å². The average Bonchev–Trinajstić information content (AvgIpc) is 3.04. The fourth-order valence-electron chi connectivity index (χ4n) is 3.06. The number of esters is 4. The molecule has 1 amide bonds. The van der Waals surface area contributed by atoms with Crippen LogP contribution >= 0.6 is 0 Å². The molecule has 1 fully saturated rings. The number of hydrogen-bond donors (Lipinski definition) is 1. The van der Waals surface area contributed by atoms with Crippen LogP contribution < -0.4 is 10.8 Å². The van der Waals surface area contributed by atoms with E-state index in [4.69, 9.17) is 29.4 Å². The van der Waals surface area contributed by atoms with Gasteiger partial charge in [-0.15, -0.1) is 4.90 Å². The molecular weight excluding hydrogens is 434 g/mol. The van der Waals surface area contributed by atoms with Gasteiger partial charge < -0.3 is 34.5 Å². The molecule has 0 aliphatic carbocycles. The minimum atomic E-state index is -1.57. The molecule has 0 aromatic rings. The summed E-state index contributed by atoms with van der Waals surface area (Å²) in [6, 6.07) is 0.